The highest BCUT2D eigenvalue weighted by Gasteiger charge is 2.17. The summed E-state index contributed by atoms with van der Waals surface area (Å²) in [6.45, 7) is 0. The second kappa shape index (κ2) is 7.81. The first-order chi connectivity index (χ1) is 25.4. The molecule has 0 aliphatic rings. The van der Waals surface area contributed by atoms with Crippen LogP contribution in [0.3, 0.4) is 0 Å². The van der Waals surface area contributed by atoms with Gasteiger partial charge in [0.05, 0.1) is 23.3 Å². The van der Waals surface area contributed by atoms with Crippen LogP contribution in [0.2, 0.25) is 0 Å². The number of furan rings is 1. The largest absolute Gasteiger partial charge is 0.456 e. The Labute approximate surface area is 238 Å². The average Bonchev–Trinajstić information content (AvgIpc) is 3.58. The van der Waals surface area contributed by atoms with Gasteiger partial charge in [0.15, 0.2) is 0 Å². The number of hydrogen-bond acceptors (Lipinski definition) is 1. The number of hydrogen-bond donors (Lipinski definition) is 0. The maximum atomic E-state index is 9.63. The third-order valence-electron chi connectivity index (χ3n) is 6.32. The summed E-state index contributed by atoms with van der Waals surface area (Å²) in [6.07, 6.45) is 0. The molecule has 0 saturated heterocycles. The molecule has 1 heteroatoms. The van der Waals surface area contributed by atoms with Gasteiger partial charge in [-0.25, -0.2) is 0 Å². The van der Waals surface area contributed by atoms with Crippen molar-refractivity contribution in [1.29, 1.82) is 0 Å². The van der Waals surface area contributed by atoms with Gasteiger partial charge in [0.25, 0.3) is 0 Å². The Kier molecular flexibility index (Phi) is 2.09. The minimum Gasteiger partial charge on any atom is -0.456 e. The fourth-order valence-electron chi connectivity index (χ4n) is 4.75. The lowest BCUT2D eigenvalue weighted by Gasteiger charge is -2.17. The van der Waals surface area contributed by atoms with E-state index in [1.54, 1.807) is 30.3 Å². The molecule has 0 spiro atoms. The van der Waals surface area contributed by atoms with Crippen LogP contribution in [-0.4, -0.2) is 0 Å². The van der Waals surface area contributed by atoms with Gasteiger partial charge in [0.2, 0.25) is 0 Å². The highest BCUT2D eigenvalue weighted by Crippen LogP contribution is 2.44. The molecule has 1 nitrogen and oxygen atoms in total. The van der Waals surface area contributed by atoms with E-state index in [0.29, 0.717) is 5.56 Å². The molecule has 8 aromatic rings. The van der Waals surface area contributed by atoms with Gasteiger partial charge in [0.1, 0.15) is 11.2 Å². The lowest BCUT2D eigenvalue weighted by atomic mass is 9.86. The molecule has 1 aromatic heterocycles. The fraction of sp³-hybridized carbons (Fsp3) is 0. The third-order valence-corrected chi connectivity index (χ3v) is 6.32. The molecular weight excluding hydrogens is 448 g/mol. The van der Waals surface area contributed by atoms with Gasteiger partial charge < -0.3 is 4.42 Å². The molecule has 1 heterocycles. The van der Waals surface area contributed by atoms with Crippen LogP contribution in [0.4, 0.5) is 0 Å². The molecule has 0 amide bonds. The van der Waals surface area contributed by atoms with Gasteiger partial charge in [-0.2, -0.15) is 0 Å². The maximum absolute atomic E-state index is 9.63. The molecule has 0 N–H and O–H groups in total. The van der Waals surface area contributed by atoms with Crippen molar-refractivity contribution >= 4 is 54.3 Å². The molecule has 0 aliphatic heterocycles. The van der Waals surface area contributed by atoms with E-state index >= 15 is 0 Å². The average molecular weight is 488 g/mol. The molecular formula is C36H22O. The summed E-state index contributed by atoms with van der Waals surface area (Å²) in [5.74, 6) is 0. The summed E-state index contributed by atoms with van der Waals surface area (Å²) in [6, 6.07) is -2.66. The number of rotatable bonds is 2. The highest BCUT2D eigenvalue weighted by molar-refractivity contribution is 6.22. The van der Waals surface area contributed by atoms with E-state index in [0.717, 1.165) is 0 Å². The van der Waals surface area contributed by atoms with Gasteiger partial charge in [-0.1, -0.05) is 109 Å². The second-order valence-corrected chi connectivity index (χ2v) is 8.38. The van der Waals surface area contributed by atoms with Crippen LogP contribution in [0.1, 0.15) is 23.3 Å². The van der Waals surface area contributed by atoms with E-state index in [2.05, 4.69) is 0 Å². The van der Waals surface area contributed by atoms with Gasteiger partial charge in [-0.15, -0.1) is 0 Å². The van der Waals surface area contributed by atoms with E-state index in [-0.39, 0.29) is 54.2 Å². The van der Waals surface area contributed by atoms with Crippen molar-refractivity contribution in [2.75, 3.05) is 0 Å². The Hall–Kier alpha value is -4.88. The van der Waals surface area contributed by atoms with Crippen LogP contribution in [0, 0.1) is 0 Å². The maximum Gasteiger partial charge on any atom is 0.136 e. The summed E-state index contributed by atoms with van der Waals surface area (Å²) in [5, 5.41) is -2.21. The van der Waals surface area contributed by atoms with E-state index in [9.17, 15) is 2.74 Å². The normalized spacial score (nSPS) is 18.2. The number of fused-ring (bicyclic) bond motifs is 6. The molecule has 0 fully saturated rings. The molecule has 37 heavy (non-hydrogen) atoms. The molecule has 8 rings (SSSR count). The van der Waals surface area contributed by atoms with Crippen LogP contribution in [-0.2, 0) is 0 Å². The Bertz CT molecular complexity index is 2980. The topological polar surface area (TPSA) is 13.1 Å². The zero-order valence-corrected chi connectivity index (χ0v) is 18.8. The zero-order chi connectivity index (χ0) is 39.1. The van der Waals surface area contributed by atoms with E-state index in [4.69, 9.17) is 25.0 Å². The van der Waals surface area contributed by atoms with Crippen LogP contribution in [0.25, 0.3) is 76.5 Å². The minimum atomic E-state index is -0.728. The molecule has 0 bridgehead atoms. The first-order valence-corrected chi connectivity index (χ1v) is 11.3. The lowest BCUT2D eigenvalue weighted by Crippen LogP contribution is -1.90. The standard InChI is InChI=1S/C36H22O/c1-2-10-23(11-3-1)35-27-14-6-8-16-29(27)36(30-17-9-7-15-28(30)35)26-18-19-33-31(21-26)32-20-24-12-4-5-13-25(24)22-34(32)37-33/h1-22H/i4D,5D,6D,7D,8D,9D,12D,13D,14D,15D,16D,17D,18D,19D,20D,21D,22D. The number of benzene rings is 7. The van der Waals surface area contributed by atoms with Gasteiger partial charge in [-0.3, -0.25) is 0 Å². The summed E-state index contributed by atoms with van der Waals surface area (Å²) >= 11 is 0. The Balaban J connectivity index is 1.72. The van der Waals surface area contributed by atoms with Crippen LogP contribution < -0.4 is 0 Å². The minimum absolute atomic E-state index is 0.0512. The molecule has 172 valence electrons. The van der Waals surface area contributed by atoms with Crippen molar-refractivity contribution in [2.24, 2.45) is 0 Å². The predicted molar refractivity (Wildman–Crippen MR) is 157 cm³/mol. The van der Waals surface area contributed by atoms with Crippen molar-refractivity contribution in [2.45, 2.75) is 0 Å². The smallest absolute Gasteiger partial charge is 0.136 e. The van der Waals surface area contributed by atoms with Crippen LogP contribution in [0.5, 0.6) is 0 Å². The SMILES string of the molecule is [2H]c1c(-c2c3c([2H])c([2H])c([2H])c([2H])c3c(-c3ccccc3)c3c([2H])c([2H])c([2H])c([2H])c23)c([2H])c2c(oc3c([2H])c4c([2H])c([2H])c([2H])c([2H])c4c([2H])c32)c1[2H]. The van der Waals surface area contributed by atoms with Crippen molar-refractivity contribution in [1.82, 2.24) is 0 Å². The van der Waals surface area contributed by atoms with Crippen molar-refractivity contribution in [3.8, 4) is 22.3 Å². The zero-order valence-electron chi connectivity index (χ0n) is 35.8. The molecule has 0 saturated carbocycles. The summed E-state index contributed by atoms with van der Waals surface area (Å²) < 4.78 is 156. The Morgan fingerprint density at radius 3 is 1.62 bits per heavy atom. The first-order valence-electron chi connectivity index (χ1n) is 19.8. The van der Waals surface area contributed by atoms with Gasteiger partial charge in [0, 0.05) is 10.8 Å². The monoisotopic (exact) mass is 487 g/mol. The van der Waals surface area contributed by atoms with Crippen molar-refractivity contribution in [3.63, 3.8) is 0 Å². The molecule has 0 unspecified atom stereocenters. The molecule has 0 aliphatic carbocycles. The molecule has 0 atom stereocenters. The van der Waals surface area contributed by atoms with Crippen LogP contribution >= 0.6 is 0 Å². The Morgan fingerprint density at radius 1 is 0.432 bits per heavy atom. The van der Waals surface area contributed by atoms with E-state index < -0.39 is 119 Å². The highest BCUT2D eigenvalue weighted by atomic mass is 16.3. The quantitative estimate of drug-likeness (QED) is 0.221. The van der Waals surface area contributed by atoms with Gasteiger partial charge >= 0.3 is 0 Å². The fourth-order valence-corrected chi connectivity index (χ4v) is 4.75. The summed E-state index contributed by atoms with van der Waals surface area (Å²) in [7, 11) is 0. The lowest BCUT2D eigenvalue weighted by molar-refractivity contribution is 0.669. The third kappa shape index (κ3) is 3.04. The van der Waals surface area contributed by atoms with Crippen LogP contribution in [0.15, 0.2) is 137 Å². The van der Waals surface area contributed by atoms with Gasteiger partial charge in [-0.05, 0) is 78.7 Å². The van der Waals surface area contributed by atoms with Crippen molar-refractivity contribution < 1.29 is 27.7 Å². The predicted octanol–water partition coefficient (Wildman–Crippen LogP) is 10.4. The van der Waals surface area contributed by atoms with E-state index in [1.807, 2.05) is 0 Å². The second-order valence-electron chi connectivity index (χ2n) is 8.38. The summed E-state index contributed by atoms with van der Waals surface area (Å²) in [5.41, 5.74) is -1.28. The Morgan fingerprint density at radius 2 is 0.973 bits per heavy atom. The molecule has 0 radical (unpaired) electrons. The van der Waals surface area contributed by atoms with E-state index in [1.165, 1.54) is 0 Å². The summed E-state index contributed by atoms with van der Waals surface area (Å²) in [4.78, 5) is 0. The first kappa shape index (κ1) is 9.88. The van der Waals surface area contributed by atoms with Crippen molar-refractivity contribution in [3.05, 3.63) is 133 Å². The molecule has 7 aromatic carbocycles.